The highest BCUT2D eigenvalue weighted by Crippen LogP contribution is 2.10. The molecule has 3 N–H and O–H groups in total. The van der Waals surface area contributed by atoms with E-state index in [1.807, 2.05) is 0 Å². The molecule has 7 heteroatoms. The minimum Gasteiger partial charge on any atom is -0.480 e. The Kier molecular flexibility index (Phi) is 7.28. The van der Waals surface area contributed by atoms with Crippen LogP contribution >= 0.6 is 0 Å². The summed E-state index contributed by atoms with van der Waals surface area (Å²) < 4.78 is 5.07. The van der Waals surface area contributed by atoms with Gasteiger partial charge in [0.15, 0.2) is 0 Å². The van der Waals surface area contributed by atoms with Crippen molar-refractivity contribution in [2.75, 3.05) is 0 Å². The molecule has 118 valence electrons. The third-order valence-electron chi connectivity index (χ3n) is 2.26. The number of hydrogen-bond acceptors (Lipinski definition) is 4. The van der Waals surface area contributed by atoms with Crippen LogP contribution in [0.2, 0.25) is 0 Å². The molecule has 0 aliphatic rings. The van der Waals surface area contributed by atoms with Crippen molar-refractivity contribution in [3.05, 3.63) is 0 Å². The second kappa shape index (κ2) is 8.15. The highest BCUT2D eigenvalue weighted by atomic mass is 16.6. The molecule has 0 saturated heterocycles. The van der Waals surface area contributed by atoms with Crippen molar-refractivity contribution in [2.24, 2.45) is 0 Å². The van der Waals surface area contributed by atoms with Crippen LogP contribution in [0.15, 0.2) is 0 Å². The third kappa shape index (κ3) is 9.32. The van der Waals surface area contributed by atoms with Gasteiger partial charge in [0.2, 0.25) is 0 Å². The molecule has 0 aromatic carbocycles. The molecule has 2 atom stereocenters. The van der Waals surface area contributed by atoms with Crippen molar-refractivity contribution >= 4 is 18.0 Å². The largest absolute Gasteiger partial charge is 0.480 e. The van der Waals surface area contributed by atoms with E-state index in [2.05, 4.69) is 16.6 Å². The van der Waals surface area contributed by atoms with E-state index in [1.165, 1.54) is 0 Å². The lowest BCUT2D eigenvalue weighted by atomic mass is 10.1. The zero-order chi connectivity index (χ0) is 16.6. The quantitative estimate of drug-likeness (QED) is 0.499. The summed E-state index contributed by atoms with van der Waals surface area (Å²) in [6.45, 7) is 6.72. The van der Waals surface area contributed by atoms with Crippen molar-refractivity contribution in [1.29, 1.82) is 0 Å². The van der Waals surface area contributed by atoms with E-state index >= 15 is 0 Å². The number of amides is 2. The molecule has 0 aromatic rings. The predicted octanol–water partition coefficient (Wildman–Crippen LogP) is 0.882. The first-order valence-corrected chi connectivity index (χ1v) is 6.53. The van der Waals surface area contributed by atoms with Crippen LogP contribution < -0.4 is 10.6 Å². The molecule has 0 aliphatic heterocycles. The van der Waals surface area contributed by atoms with Gasteiger partial charge in [-0.05, 0) is 34.1 Å². The molecule has 0 saturated carbocycles. The van der Waals surface area contributed by atoms with Crippen molar-refractivity contribution < 1.29 is 24.2 Å². The van der Waals surface area contributed by atoms with E-state index in [0.29, 0.717) is 0 Å². The molecule has 21 heavy (non-hydrogen) atoms. The first-order chi connectivity index (χ1) is 9.55. The maximum atomic E-state index is 11.5. The highest BCUT2D eigenvalue weighted by molar-refractivity contribution is 5.83. The van der Waals surface area contributed by atoms with Gasteiger partial charge in [-0.3, -0.25) is 4.79 Å². The van der Waals surface area contributed by atoms with Gasteiger partial charge in [0.05, 0.1) is 6.04 Å². The molecule has 0 spiro atoms. The van der Waals surface area contributed by atoms with Gasteiger partial charge in [0, 0.05) is 6.42 Å². The van der Waals surface area contributed by atoms with Crippen LogP contribution in [0, 0.1) is 12.3 Å². The molecule has 0 radical (unpaired) electrons. The van der Waals surface area contributed by atoms with Crippen molar-refractivity contribution in [3.63, 3.8) is 0 Å². The van der Waals surface area contributed by atoms with E-state index in [1.54, 1.807) is 27.7 Å². The molecule has 0 aliphatic carbocycles. The predicted molar refractivity (Wildman–Crippen MR) is 76.5 cm³/mol. The summed E-state index contributed by atoms with van der Waals surface area (Å²) >= 11 is 0. The van der Waals surface area contributed by atoms with Crippen LogP contribution in [0.4, 0.5) is 4.79 Å². The molecular weight excluding hydrogens is 276 g/mol. The van der Waals surface area contributed by atoms with Gasteiger partial charge in [-0.15, -0.1) is 6.42 Å². The summed E-state index contributed by atoms with van der Waals surface area (Å²) in [6.07, 6.45) is 4.92. The molecule has 0 fully saturated rings. The summed E-state index contributed by atoms with van der Waals surface area (Å²) in [4.78, 5) is 34.1. The Bertz CT molecular complexity index is 434. The van der Waals surface area contributed by atoms with Crippen molar-refractivity contribution in [1.82, 2.24) is 10.6 Å². The molecule has 7 nitrogen and oxygen atoms in total. The van der Waals surface area contributed by atoms with Crippen LogP contribution in [-0.2, 0) is 14.3 Å². The minimum absolute atomic E-state index is 0.0674. The Morgan fingerprint density at radius 1 is 1.29 bits per heavy atom. The Hall–Kier alpha value is -2.23. The molecule has 0 bridgehead atoms. The van der Waals surface area contributed by atoms with Gasteiger partial charge >= 0.3 is 18.0 Å². The number of aliphatic carboxylic acids is 1. The number of esters is 1. The average Bonchev–Trinajstić information content (AvgIpc) is 2.31. The lowest BCUT2D eigenvalue weighted by molar-refractivity contribution is -0.155. The maximum absolute atomic E-state index is 11.5. The number of carboxylic acid groups (broad SMARTS) is 1. The average molecular weight is 298 g/mol. The molecule has 1 unspecified atom stereocenters. The number of nitrogens with one attached hydrogen (secondary N) is 2. The van der Waals surface area contributed by atoms with Crippen molar-refractivity contribution in [3.8, 4) is 12.3 Å². The number of terminal acetylenes is 1. The number of rotatable bonds is 6. The minimum atomic E-state index is -1.23. The fraction of sp³-hybridized carbons (Fsp3) is 0.643. The molecular formula is C14H22N2O5. The summed E-state index contributed by atoms with van der Waals surface area (Å²) in [5, 5.41) is 13.6. The summed E-state index contributed by atoms with van der Waals surface area (Å²) in [6, 6.07) is -2.41. The second-order valence-electron chi connectivity index (χ2n) is 5.52. The lowest BCUT2D eigenvalue weighted by Crippen LogP contribution is -2.48. The lowest BCUT2D eigenvalue weighted by Gasteiger charge is -2.20. The molecule has 0 rings (SSSR count). The van der Waals surface area contributed by atoms with Crippen LogP contribution in [0.5, 0.6) is 0 Å². The second-order valence-corrected chi connectivity index (χ2v) is 5.52. The number of carbonyl (C=O) groups is 3. The van der Waals surface area contributed by atoms with E-state index in [-0.39, 0.29) is 12.8 Å². The normalized spacial score (nSPS) is 13.5. The number of ether oxygens (including phenoxy) is 1. The topological polar surface area (TPSA) is 105 Å². The van der Waals surface area contributed by atoms with Gasteiger partial charge in [-0.2, -0.15) is 0 Å². The standard InChI is InChI=1S/C14H22N2O5/c1-6-9(2)15-13(20)16-10(12(18)19)7-8-11(17)21-14(3,4)5/h1,9-10H,7-8H2,2-5H3,(H,18,19)(H2,15,16,20)/t9?,10-/m1/s1. The maximum Gasteiger partial charge on any atom is 0.326 e. The molecule has 2 amide bonds. The van der Waals surface area contributed by atoms with E-state index < -0.39 is 35.7 Å². The number of carbonyl (C=O) groups excluding carboxylic acids is 2. The Labute approximate surface area is 124 Å². The number of hydrogen-bond donors (Lipinski definition) is 3. The number of carboxylic acids is 1. The smallest absolute Gasteiger partial charge is 0.326 e. The van der Waals surface area contributed by atoms with E-state index in [0.717, 1.165) is 0 Å². The summed E-state index contributed by atoms with van der Waals surface area (Å²) in [5.41, 5.74) is -0.636. The van der Waals surface area contributed by atoms with Gasteiger partial charge in [0.25, 0.3) is 0 Å². The van der Waals surface area contributed by atoms with E-state index in [4.69, 9.17) is 16.3 Å². The molecule has 0 heterocycles. The number of urea groups is 1. The SMILES string of the molecule is C#CC(C)NC(=O)N[C@H](CCC(=O)OC(C)(C)C)C(=O)O. The monoisotopic (exact) mass is 298 g/mol. The van der Waals surface area contributed by atoms with Crippen LogP contribution in [0.25, 0.3) is 0 Å². The van der Waals surface area contributed by atoms with Crippen LogP contribution in [0.1, 0.15) is 40.5 Å². The van der Waals surface area contributed by atoms with Gasteiger partial charge in [0.1, 0.15) is 11.6 Å². The van der Waals surface area contributed by atoms with Crippen LogP contribution in [0.3, 0.4) is 0 Å². The third-order valence-corrected chi connectivity index (χ3v) is 2.26. The first kappa shape index (κ1) is 18.8. The van der Waals surface area contributed by atoms with Gasteiger partial charge < -0.3 is 20.5 Å². The fourth-order valence-electron chi connectivity index (χ4n) is 1.35. The Morgan fingerprint density at radius 3 is 2.29 bits per heavy atom. The van der Waals surface area contributed by atoms with Crippen LogP contribution in [-0.4, -0.2) is 40.8 Å². The van der Waals surface area contributed by atoms with Crippen molar-refractivity contribution in [2.45, 2.75) is 58.2 Å². The first-order valence-electron chi connectivity index (χ1n) is 6.53. The zero-order valence-corrected chi connectivity index (χ0v) is 12.7. The van der Waals surface area contributed by atoms with E-state index in [9.17, 15) is 14.4 Å². The summed E-state index contributed by atoms with van der Waals surface area (Å²) in [5.74, 6) is 0.526. The zero-order valence-electron chi connectivity index (χ0n) is 12.7. The van der Waals surface area contributed by atoms with Gasteiger partial charge in [-0.1, -0.05) is 5.92 Å². The highest BCUT2D eigenvalue weighted by Gasteiger charge is 2.23. The Balaban J connectivity index is 4.39. The Morgan fingerprint density at radius 2 is 1.86 bits per heavy atom. The fourth-order valence-corrected chi connectivity index (χ4v) is 1.35. The summed E-state index contributed by atoms with van der Waals surface area (Å²) in [7, 11) is 0. The molecule has 0 aromatic heterocycles. The van der Waals surface area contributed by atoms with Gasteiger partial charge in [-0.25, -0.2) is 9.59 Å².